The summed E-state index contributed by atoms with van der Waals surface area (Å²) in [7, 11) is 0. The second kappa shape index (κ2) is 6.70. The smallest absolute Gasteiger partial charge is 0.316 e. The molecule has 1 amide bonds. The predicted octanol–water partition coefficient (Wildman–Crippen LogP) is 2.47. The van der Waals surface area contributed by atoms with Gasteiger partial charge in [0.15, 0.2) is 0 Å². The third-order valence-electron chi connectivity index (χ3n) is 2.97. The van der Waals surface area contributed by atoms with E-state index in [1.807, 2.05) is 13.8 Å². The highest BCUT2D eigenvalue weighted by atomic mass is 35.5. The molecule has 0 bridgehead atoms. The monoisotopic (exact) mass is 295 g/mol. The number of ether oxygens (including phenoxy) is 1. The Morgan fingerprint density at radius 1 is 1.45 bits per heavy atom. The summed E-state index contributed by atoms with van der Waals surface area (Å²) in [6, 6.07) is 0.302. The van der Waals surface area contributed by atoms with Gasteiger partial charge in [0, 0.05) is 12.6 Å². The molecule has 20 heavy (non-hydrogen) atoms. The van der Waals surface area contributed by atoms with Crippen molar-refractivity contribution >= 4 is 17.5 Å². The fourth-order valence-electron chi connectivity index (χ4n) is 2.08. The molecule has 1 aliphatic heterocycles. The topological polar surface area (TPSA) is 55.3 Å². The summed E-state index contributed by atoms with van der Waals surface area (Å²) >= 11 is 5.73. The number of carbonyl (C=O) groups is 1. The minimum Gasteiger partial charge on any atom is -0.458 e. The van der Waals surface area contributed by atoms with Gasteiger partial charge in [-0.25, -0.2) is 9.97 Å². The van der Waals surface area contributed by atoms with Crippen molar-refractivity contribution in [2.24, 2.45) is 0 Å². The predicted molar refractivity (Wildman–Crippen MR) is 76.7 cm³/mol. The first kappa shape index (κ1) is 14.8. The average Bonchev–Trinajstić information content (AvgIpc) is 2.41. The van der Waals surface area contributed by atoms with Gasteiger partial charge in [-0.05, 0) is 26.7 Å². The molecule has 0 unspecified atom stereocenters. The fourth-order valence-corrected chi connectivity index (χ4v) is 2.18. The number of carbonyl (C=O) groups excluding carboxylic acids is 1. The molecule has 1 aromatic heterocycles. The Morgan fingerprint density at radius 2 is 2.15 bits per heavy atom. The van der Waals surface area contributed by atoms with E-state index in [2.05, 4.69) is 9.97 Å². The van der Waals surface area contributed by atoms with E-state index in [1.165, 1.54) is 12.4 Å². The number of aromatic nitrogens is 2. The van der Waals surface area contributed by atoms with Gasteiger partial charge in [0.2, 0.25) is 5.91 Å². The van der Waals surface area contributed by atoms with Crippen LogP contribution in [0.25, 0.3) is 0 Å². The van der Waals surface area contributed by atoms with Gasteiger partial charge in [-0.2, -0.15) is 0 Å². The highest BCUT2D eigenvalue weighted by Gasteiger charge is 2.24. The summed E-state index contributed by atoms with van der Waals surface area (Å²) in [6.07, 6.45) is 6.39. The van der Waals surface area contributed by atoms with E-state index in [0.29, 0.717) is 17.6 Å². The van der Waals surface area contributed by atoms with Crippen LogP contribution < -0.4 is 4.74 Å². The zero-order valence-corrected chi connectivity index (χ0v) is 12.4. The molecule has 2 heterocycles. The number of halogens is 1. The number of rotatable bonds is 3. The van der Waals surface area contributed by atoms with Crippen LogP contribution >= 0.6 is 11.6 Å². The molecular formula is C14H18ClN3O2. The maximum atomic E-state index is 12.0. The molecular weight excluding hydrogens is 278 g/mol. The molecule has 0 aromatic carbocycles. The van der Waals surface area contributed by atoms with Gasteiger partial charge in [-0.15, -0.1) is 0 Å². The molecule has 108 valence electrons. The first-order valence-corrected chi connectivity index (χ1v) is 7.00. The number of hydrogen-bond donors (Lipinski definition) is 0. The standard InChI is InChI=1S/C14H18ClN3O2/c1-10(2)6-13(19)18-5-3-4-12(9-18)20-14-16-7-11(15)8-17-14/h6-8,12H,3-5,9H2,1-2H3/t12-/m0/s1. The van der Waals surface area contributed by atoms with Crippen LogP contribution in [-0.4, -0.2) is 40.0 Å². The molecule has 1 saturated heterocycles. The minimum atomic E-state index is -0.0700. The molecule has 5 nitrogen and oxygen atoms in total. The van der Waals surface area contributed by atoms with E-state index < -0.39 is 0 Å². The van der Waals surface area contributed by atoms with Gasteiger partial charge in [0.25, 0.3) is 0 Å². The van der Waals surface area contributed by atoms with Gasteiger partial charge in [0.1, 0.15) is 6.10 Å². The fraction of sp³-hybridized carbons (Fsp3) is 0.500. The maximum Gasteiger partial charge on any atom is 0.316 e. The number of amides is 1. The van der Waals surface area contributed by atoms with Crippen molar-refractivity contribution in [2.75, 3.05) is 13.1 Å². The Hall–Kier alpha value is -1.62. The van der Waals surface area contributed by atoms with Crippen LogP contribution in [-0.2, 0) is 4.79 Å². The summed E-state index contributed by atoms with van der Waals surface area (Å²) < 4.78 is 5.70. The van der Waals surface area contributed by atoms with Gasteiger partial charge in [-0.1, -0.05) is 17.2 Å². The van der Waals surface area contributed by atoms with Crippen LogP contribution in [0.5, 0.6) is 6.01 Å². The second-order valence-electron chi connectivity index (χ2n) is 5.07. The first-order chi connectivity index (χ1) is 9.54. The Morgan fingerprint density at radius 3 is 2.80 bits per heavy atom. The lowest BCUT2D eigenvalue weighted by molar-refractivity contribution is -0.128. The Labute approximate surface area is 123 Å². The Balaban J connectivity index is 1.95. The minimum absolute atomic E-state index is 0.0373. The van der Waals surface area contributed by atoms with Crippen LogP contribution in [0.1, 0.15) is 26.7 Å². The second-order valence-corrected chi connectivity index (χ2v) is 5.51. The highest BCUT2D eigenvalue weighted by Crippen LogP contribution is 2.16. The van der Waals surface area contributed by atoms with Crippen LogP contribution in [0, 0.1) is 0 Å². The Kier molecular flexibility index (Phi) is 4.95. The normalized spacial score (nSPS) is 18.6. The lowest BCUT2D eigenvalue weighted by Gasteiger charge is -2.31. The van der Waals surface area contributed by atoms with Crippen LogP contribution in [0.2, 0.25) is 5.02 Å². The molecule has 0 N–H and O–H groups in total. The SMILES string of the molecule is CC(C)=CC(=O)N1CCC[C@H](Oc2ncc(Cl)cn2)C1. The van der Waals surface area contributed by atoms with Gasteiger partial charge < -0.3 is 9.64 Å². The first-order valence-electron chi connectivity index (χ1n) is 6.62. The molecule has 0 aliphatic carbocycles. The van der Waals surface area contributed by atoms with E-state index in [0.717, 1.165) is 25.0 Å². The van der Waals surface area contributed by atoms with Gasteiger partial charge in [-0.3, -0.25) is 4.79 Å². The number of piperidine rings is 1. The molecule has 1 aliphatic rings. The third kappa shape index (κ3) is 4.20. The van der Waals surface area contributed by atoms with E-state index in [-0.39, 0.29) is 12.0 Å². The zero-order valence-electron chi connectivity index (χ0n) is 11.7. The van der Waals surface area contributed by atoms with Crippen molar-refractivity contribution < 1.29 is 9.53 Å². The summed E-state index contributed by atoms with van der Waals surface area (Å²) in [6.45, 7) is 5.16. The van der Waals surface area contributed by atoms with Crippen molar-refractivity contribution in [1.82, 2.24) is 14.9 Å². The molecule has 0 saturated carbocycles. The Bertz CT molecular complexity index is 498. The van der Waals surface area contributed by atoms with Crippen molar-refractivity contribution in [3.05, 3.63) is 29.1 Å². The van der Waals surface area contributed by atoms with E-state index in [1.54, 1.807) is 11.0 Å². The lowest BCUT2D eigenvalue weighted by atomic mass is 10.1. The average molecular weight is 296 g/mol. The van der Waals surface area contributed by atoms with Crippen molar-refractivity contribution in [3.8, 4) is 6.01 Å². The molecule has 0 spiro atoms. The lowest BCUT2D eigenvalue weighted by Crippen LogP contribution is -2.44. The summed E-state index contributed by atoms with van der Waals surface area (Å²) in [5.74, 6) is 0.0373. The molecule has 2 rings (SSSR count). The van der Waals surface area contributed by atoms with Crippen LogP contribution in [0.15, 0.2) is 24.0 Å². The van der Waals surface area contributed by atoms with Crippen molar-refractivity contribution in [2.45, 2.75) is 32.8 Å². The summed E-state index contributed by atoms with van der Waals surface area (Å²) in [5, 5.41) is 0.473. The van der Waals surface area contributed by atoms with Crippen LogP contribution in [0.3, 0.4) is 0 Å². The molecule has 1 atom stereocenters. The highest BCUT2D eigenvalue weighted by molar-refractivity contribution is 6.30. The van der Waals surface area contributed by atoms with Gasteiger partial charge >= 0.3 is 6.01 Å². The summed E-state index contributed by atoms with van der Waals surface area (Å²) in [4.78, 5) is 21.8. The molecule has 1 fully saturated rings. The number of likely N-dealkylation sites (tertiary alicyclic amines) is 1. The quantitative estimate of drug-likeness (QED) is 0.804. The number of allylic oxidation sites excluding steroid dienone is 1. The van der Waals surface area contributed by atoms with Gasteiger partial charge in [0.05, 0.1) is 24.0 Å². The van der Waals surface area contributed by atoms with Crippen molar-refractivity contribution in [1.29, 1.82) is 0 Å². The molecule has 6 heteroatoms. The summed E-state index contributed by atoms with van der Waals surface area (Å²) in [5.41, 5.74) is 0.999. The van der Waals surface area contributed by atoms with E-state index in [9.17, 15) is 4.79 Å². The van der Waals surface area contributed by atoms with Crippen molar-refractivity contribution in [3.63, 3.8) is 0 Å². The van der Waals surface area contributed by atoms with E-state index >= 15 is 0 Å². The van der Waals surface area contributed by atoms with E-state index in [4.69, 9.17) is 16.3 Å². The third-order valence-corrected chi connectivity index (χ3v) is 3.17. The van der Waals surface area contributed by atoms with Crippen LogP contribution in [0.4, 0.5) is 0 Å². The largest absolute Gasteiger partial charge is 0.458 e. The zero-order chi connectivity index (χ0) is 14.5. The number of hydrogen-bond acceptors (Lipinski definition) is 4. The molecule has 1 aromatic rings. The molecule has 0 radical (unpaired) electrons. The maximum absolute atomic E-state index is 12.0. The number of nitrogens with zero attached hydrogens (tertiary/aromatic N) is 3.